The zero-order valence-corrected chi connectivity index (χ0v) is 12.3. The smallest absolute Gasteiger partial charge is 0.141 e. The van der Waals surface area contributed by atoms with E-state index in [4.69, 9.17) is 16.3 Å². The number of aryl methyl sites for hydroxylation is 1. The van der Waals surface area contributed by atoms with Crippen LogP contribution in [-0.4, -0.2) is 19.7 Å². The molecule has 104 valence electrons. The Morgan fingerprint density at radius 1 is 1.21 bits per heavy atom. The van der Waals surface area contributed by atoms with E-state index in [-0.39, 0.29) is 0 Å². The molecule has 19 heavy (non-hydrogen) atoms. The largest absolute Gasteiger partial charge is 0.491 e. The van der Waals surface area contributed by atoms with E-state index in [0.29, 0.717) is 5.92 Å². The molecule has 2 nitrogen and oxygen atoms in total. The Hall–Kier alpha value is -0.730. The van der Waals surface area contributed by atoms with Crippen LogP contribution in [-0.2, 0) is 0 Å². The van der Waals surface area contributed by atoms with Gasteiger partial charge in [0.25, 0.3) is 0 Å². The van der Waals surface area contributed by atoms with E-state index >= 15 is 0 Å². The molecule has 1 heterocycles. The quantitative estimate of drug-likeness (QED) is 0.902. The average molecular weight is 280 g/mol. The predicted octanol–water partition coefficient (Wildman–Crippen LogP) is 3.90. The minimum Gasteiger partial charge on any atom is -0.491 e. The summed E-state index contributed by atoms with van der Waals surface area (Å²) in [5, 5.41) is 4.21. The van der Waals surface area contributed by atoms with E-state index < -0.39 is 0 Å². The fourth-order valence-electron chi connectivity index (χ4n) is 2.83. The number of benzene rings is 1. The van der Waals surface area contributed by atoms with Gasteiger partial charge in [0.2, 0.25) is 0 Å². The highest BCUT2D eigenvalue weighted by atomic mass is 35.5. The predicted molar refractivity (Wildman–Crippen MR) is 79.3 cm³/mol. The Labute approximate surface area is 120 Å². The van der Waals surface area contributed by atoms with Gasteiger partial charge in [0.05, 0.1) is 11.6 Å². The number of nitrogens with one attached hydrogen (secondary N) is 1. The Balaban J connectivity index is 1.85. The van der Waals surface area contributed by atoms with Crippen molar-refractivity contribution in [2.45, 2.75) is 38.5 Å². The Kier molecular flexibility index (Phi) is 3.99. The molecule has 2 aliphatic rings. The summed E-state index contributed by atoms with van der Waals surface area (Å²) in [6.07, 6.45) is 4.98. The van der Waals surface area contributed by atoms with Crippen molar-refractivity contribution in [3.63, 3.8) is 0 Å². The third kappa shape index (κ3) is 3.24. The van der Waals surface area contributed by atoms with Gasteiger partial charge in [-0.05, 0) is 74.7 Å². The molecular formula is C16H22ClNO. The standard InChI is InChI=1S/C16H22ClNO/c1-11-8-14(13-4-6-18-7-5-13)16(15(17)9-11)19-10-12-2-3-12/h8-9,12-13,18H,2-7,10H2,1H3. The molecule has 1 aromatic carbocycles. The molecule has 0 unspecified atom stereocenters. The maximum atomic E-state index is 6.42. The molecule has 1 aliphatic heterocycles. The van der Waals surface area contributed by atoms with Crippen LogP contribution in [0.25, 0.3) is 0 Å². The lowest BCUT2D eigenvalue weighted by Gasteiger charge is -2.26. The van der Waals surface area contributed by atoms with Gasteiger partial charge in [-0.15, -0.1) is 0 Å². The lowest BCUT2D eigenvalue weighted by atomic mass is 9.88. The molecule has 2 fully saturated rings. The molecule has 0 radical (unpaired) electrons. The number of hydrogen-bond donors (Lipinski definition) is 1. The first kappa shape index (κ1) is 13.3. The van der Waals surface area contributed by atoms with Crippen LogP contribution in [0.2, 0.25) is 5.02 Å². The molecule has 0 bridgehead atoms. The summed E-state index contributed by atoms with van der Waals surface area (Å²) in [6, 6.07) is 4.29. The third-order valence-electron chi connectivity index (χ3n) is 4.16. The van der Waals surface area contributed by atoms with Gasteiger partial charge < -0.3 is 10.1 Å². The van der Waals surface area contributed by atoms with Gasteiger partial charge in [0, 0.05) is 0 Å². The Morgan fingerprint density at radius 2 is 1.95 bits per heavy atom. The zero-order valence-electron chi connectivity index (χ0n) is 11.5. The van der Waals surface area contributed by atoms with Crippen LogP contribution < -0.4 is 10.1 Å². The Morgan fingerprint density at radius 3 is 2.63 bits per heavy atom. The number of ether oxygens (including phenoxy) is 1. The molecule has 0 spiro atoms. The molecule has 1 saturated carbocycles. The fourth-order valence-corrected chi connectivity index (χ4v) is 3.17. The van der Waals surface area contributed by atoms with E-state index in [1.54, 1.807) is 0 Å². The molecular weight excluding hydrogens is 258 g/mol. The van der Waals surface area contributed by atoms with Gasteiger partial charge in [-0.25, -0.2) is 0 Å². The van der Waals surface area contributed by atoms with Gasteiger partial charge in [-0.1, -0.05) is 17.7 Å². The maximum Gasteiger partial charge on any atom is 0.141 e. The van der Waals surface area contributed by atoms with Crippen LogP contribution in [0.1, 0.15) is 42.7 Å². The van der Waals surface area contributed by atoms with Gasteiger partial charge >= 0.3 is 0 Å². The fraction of sp³-hybridized carbons (Fsp3) is 0.625. The highest BCUT2D eigenvalue weighted by Crippen LogP contribution is 2.40. The van der Waals surface area contributed by atoms with Crippen LogP contribution in [0.4, 0.5) is 0 Å². The lowest BCUT2D eigenvalue weighted by molar-refractivity contribution is 0.292. The van der Waals surface area contributed by atoms with Crippen molar-refractivity contribution in [1.82, 2.24) is 5.32 Å². The van der Waals surface area contributed by atoms with E-state index in [1.807, 2.05) is 6.07 Å². The van der Waals surface area contributed by atoms with Gasteiger partial charge in [-0.2, -0.15) is 0 Å². The molecule has 3 heteroatoms. The van der Waals surface area contributed by atoms with Crippen molar-refractivity contribution in [2.24, 2.45) is 5.92 Å². The van der Waals surface area contributed by atoms with Crippen molar-refractivity contribution in [2.75, 3.05) is 19.7 Å². The topological polar surface area (TPSA) is 21.3 Å². The summed E-state index contributed by atoms with van der Waals surface area (Å²) in [6.45, 7) is 5.14. The second-order valence-electron chi connectivity index (χ2n) is 5.94. The third-order valence-corrected chi connectivity index (χ3v) is 4.44. The minimum atomic E-state index is 0.591. The van der Waals surface area contributed by atoms with Crippen LogP contribution >= 0.6 is 11.6 Å². The summed E-state index contributed by atoms with van der Waals surface area (Å²) in [5.74, 6) is 2.30. The second kappa shape index (κ2) is 5.72. The highest BCUT2D eigenvalue weighted by Gasteiger charge is 2.25. The molecule has 0 amide bonds. The summed E-state index contributed by atoms with van der Waals surface area (Å²) in [7, 11) is 0. The normalized spacial score (nSPS) is 20.5. The zero-order chi connectivity index (χ0) is 13.2. The summed E-state index contributed by atoms with van der Waals surface area (Å²) in [5.41, 5.74) is 2.56. The SMILES string of the molecule is Cc1cc(Cl)c(OCC2CC2)c(C2CCNCC2)c1. The van der Waals surface area contributed by atoms with Crippen LogP contribution in [0.5, 0.6) is 5.75 Å². The molecule has 0 aromatic heterocycles. The number of rotatable bonds is 4. The molecule has 1 aromatic rings. The van der Waals surface area contributed by atoms with E-state index in [9.17, 15) is 0 Å². The van der Waals surface area contributed by atoms with E-state index in [2.05, 4.69) is 18.3 Å². The van der Waals surface area contributed by atoms with Gasteiger partial charge in [0.1, 0.15) is 5.75 Å². The van der Waals surface area contributed by atoms with Crippen molar-refractivity contribution in [3.05, 3.63) is 28.3 Å². The number of halogens is 1. The highest BCUT2D eigenvalue weighted by molar-refractivity contribution is 6.32. The maximum absolute atomic E-state index is 6.42. The van der Waals surface area contributed by atoms with Crippen molar-refractivity contribution >= 4 is 11.6 Å². The minimum absolute atomic E-state index is 0.591. The lowest BCUT2D eigenvalue weighted by Crippen LogP contribution is -2.27. The second-order valence-corrected chi connectivity index (χ2v) is 6.35. The number of hydrogen-bond acceptors (Lipinski definition) is 2. The van der Waals surface area contributed by atoms with Crippen molar-refractivity contribution in [3.8, 4) is 5.75 Å². The molecule has 3 rings (SSSR count). The van der Waals surface area contributed by atoms with E-state index in [1.165, 1.54) is 36.8 Å². The molecule has 1 saturated heterocycles. The monoisotopic (exact) mass is 279 g/mol. The first-order valence-electron chi connectivity index (χ1n) is 7.37. The van der Waals surface area contributed by atoms with Gasteiger partial charge in [-0.3, -0.25) is 0 Å². The molecule has 0 atom stereocenters. The van der Waals surface area contributed by atoms with Crippen LogP contribution in [0, 0.1) is 12.8 Å². The van der Waals surface area contributed by atoms with E-state index in [0.717, 1.165) is 36.4 Å². The van der Waals surface area contributed by atoms with Crippen molar-refractivity contribution < 1.29 is 4.74 Å². The van der Waals surface area contributed by atoms with Crippen molar-refractivity contribution in [1.29, 1.82) is 0 Å². The summed E-state index contributed by atoms with van der Waals surface area (Å²) >= 11 is 6.42. The summed E-state index contributed by atoms with van der Waals surface area (Å²) in [4.78, 5) is 0. The number of piperidine rings is 1. The Bertz CT molecular complexity index is 450. The summed E-state index contributed by atoms with van der Waals surface area (Å²) < 4.78 is 6.05. The first-order chi connectivity index (χ1) is 9.24. The van der Waals surface area contributed by atoms with Crippen LogP contribution in [0.15, 0.2) is 12.1 Å². The molecule has 1 aliphatic carbocycles. The average Bonchev–Trinajstić information content (AvgIpc) is 3.22. The van der Waals surface area contributed by atoms with Crippen LogP contribution in [0.3, 0.4) is 0 Å². The first-order valence-corrected chi connectivity index (χ1v) is 7.75. The van der Waals surface area contributed by atoms with Gasteiger partial charge in [0.15, 0.2) is 0 Å². The molecule has 1 N–H and O–H groups in total.